The Bertz CT molecular complexity index is 1680. The monoisotopic (exact) mass is 1020 g/mol. The Balaban J connectivity index is 1.55. The van der Waals surface area contributed by atoms with Gasteiger partial charge in [-0.05, 0) is 105 Å². The molecule has 0 aliphatic rings. The van der Waals surface area contributed by atoms with Crippen LogP contribution in [0.5, 0.6) is 23.0 Å². The SMILES string of the molecule is CCOCC(O)OCCCCCCOc1c(OCCCCCCOC(O)COCC)c2cccc3c(OCCCCCCOC(O)COCC)c(OCCCCCCOC(O)COCC)c4cccc1c4c23. The largest absolute Gasteiger partial charge is 0.489 e. The lowest BCUT2D eigenvalue weighted by atomic mass is 9.91. The number of unbranched alkanes of at least 4 members (excludes halogenated alkanes) is 12. The van der Waals surface area contributed by atoms with Gasteiger partial charge in [0.15, 0.2) is 48.2 Å². The third-order valence-electron chi connectivity index (χ3n) is 12.0. The molecule has 0 aliphatic heterocycles. The summed E-state index contributed by atoms with van der Waals surface area (Å²) in [5.74, 6) is 2.84. The number of aliphatic hydroxyl groups excluding tert-OH is 4. The molecule has 16 heteroatoms. The summed E-state index contributed by atoms with van der Waals surface area (Å²) in [6.07, 6.45) is 10.4. The van der Waals surface area contributed by atoms with Crippen molar-refractivity contribution in [2.75, 3.05) is 106 Å². The average molecular weight is 1020 g/mol. The Labute approximate surface area is 429 Å². The molecule has 0 radical (unpaired) electrons. The molecule has 0 saturated heterocycles. The second-order valence-electron chi connectivity index (χ2n) is 17.8. The fourth-order valence-electron chi connectivity index (χ4n) is 8.33. The number of rotatable bonds is 48. The molecule has 4 N–H and O–H groups in total. The molecule has 16 nitrogen and oxygen atoms in total. The van der Waals surface area contributed by atoms with Crippen LogP contribution in [0.1, 0.15) is 130 Å². The van der Waals surface area contributed by atoms with Crippen LogP contribution in [-0.2, 0) is 37.9 Å². The first-order valence-corrected chi connectivity index (χ1v) is 27.1. The minimum absolute atomic E-state index is 0.172. The van der Waals surface area contributed by atoms with E-state index in [0.29, 0.717) is 102 Å². The fourth-order valence-corrected chi connectivity index (χ4v) is 8.33. The molecule has 0 aliphatic carbocycles. The van der Waals surface area contributed by atoms with Gasteiger partial charge in [0, 0.05) is 85.2 Å². The first kappa shape index (κ1) is 61.2. The Kier molecular flexibility index (Phi) is 32.5. The number of aliphatic hydroxyl groups is 4. The molecule has 0 amide bonds. The topological polar surface area (TPSA) is 192 Å². The Morgan fingerprint density at radius 2 is 0.514 bits per heavy atom. The summed E-state index contributed by atoms with van der Waals surface area (Å²) >= 11 is 0. The second-order valence-corrected chi connectivity index (χ2v) is 17.8. The van der Waals surface area contributed by atoms with Crippen molar-refractivity contribution >= 4 is 32.3 Å². The lowest BCUT2D eigenvalue weighted by molar-refractivity contribution is -0.137. The van der Waals surface area contributed by atoms with Crippen molar-refractivity contribution in [3.05, 3.63) is 36.4 Å². The predicted molar refractivity (Wildman–Crippen MR) is 280 cm³/mol. The van der Waals surface area contributed by atoms with Crippen LogP contribution < -0.4 is 18.9 Å². The Hall–Kier alpha value is -3.36. The molecule has 72 heavy (non-hydrogen) atoms. The normalized spacial score (nSPS) is 13.6. The molecule has 0 heterocycles. The molecule has 4 unspecified atom stereocenters. The third-order valence-corrected chi connectivity index (χ3v) is 12.0. The maximum absolute atomic E-state index is 9.97. The summed E-state index contributed by atoms with van der Waals surface area (Å²) in [7, 11) is 0. The van der Waals surface area contributed by atoms with E-state index in [0.717, 1.165) is 135 Å². The van der Waals surface area contributed by atoms with Gasteiger partial charge in [0.05, 0.1) is 52.9 Å². The van der Waals surface area contributed by atoms with Crippen molar-refractivity contribution in [3.63, 3.8) is 0 Å². The number of hydrogen-bond donors (Lipinski definition) is 4. The van der Waals surface area contributed by atoms with Crippen molar-refractivity contribution < 1.29 is 77.3 Å². The van der Waals surface area contributed by atoms with E-state index < -0.39 is 25.2 Å². The second kappa shape index (κ2) is 38.2. The van der Waals surface area contributed by atoms with Crippen LogP contribution in [-0.4, -0.2) is 151 Å². The van der Waals surface area contributed by atoms with Gasteiger partial charge in [0.25, 0.3) is 0 Å². The van der Waals surface area contributed by atoms with Gasteiger partial charge in [0.2, 0.25) is 0 Å². The quantitative estimate of drug-likeness (QED) is 0.0186. The van der Waals surface area contributed by atoms with Crippen molar-refractivity contribution in [3.8, 4) is 23.0 Å². The summed E-state index contributed by atoms with van der Waals surface area (Å²) in [5, 5.41) is 45.7. The van der Waals surface area contributed by atoms with Crippen molar-refractivity contribution in [1.82, 2.24) is 0 Å². The number of hydrogen-bond acceptors (Lipinski definition) is 16. The average Bonchev–Trinajstić information content (AvgIpc) is 3.39. The fraction of sp³-hybridized carbons (Fsp3) is 0.714. The van der Waals surface area contributed by atoms with Crippen molar-refractivity contribution in [1.29, 1.82) is 0 Å². The smallest absolute Gasteiger partial charge is 0.178 e. The van der Waals surface area contributed by atoms with Crippen LogP contribution >= 0.6 is 0 Å². The Morgan fingerprint density at radius 3 is 0.722 bits per heavy atom. The van der Waals surface area contributed by atoms with E-state index in [4.69, 9.17) is 56.8 Å². The minimum Gasteiger partial charge on any atom is -0.489 e. The molecule has 0 saturated carbocycles. The third kappa shape index (κ3) is 22.6. The van der Waals surface area contributed by atoms with E-state index in [1.54, 1.807) is 0 Å². The highest BCUT2D eigenvalue weighted by atomic mass is 16.6. The van der Waals surface area contributed by atoms with Gasteiger partial charge in [-0.25, -0.2) is 0 Å². The first-order chi connectivity index (χ1) is 35.3. The van der Waals surface area contributed by atoms with Gasteiger partial charge in [-0.3, -0.25) is 0 Å². The van der Waals surface area contributed by atoms with Gasteiger partial charge in [-0.2, -0.15) is 0 Å². The summed E-state index contributed by atoms with van der Waals surface area (Å²) in [6, 6.07) is 12.5. The van der Waals surface area contributed by atoms with Gasteiger partial charge in [0.1, 0.15) is 0 Å². The molecule has 410 valence electrons. The molecule has 0 fully saturated rings. The lowest BCUT2D eigenvalue weighted by Crippen LogP contribution is -2.19. The van der Waals surface area contributed by atoms with Crippen LogP contribution in [0, 0.1) is 0 Å². The van der Waals surface area contributed by atoms with Gasteiger partial charge in [-0.1, -0.05) is 62.1 Å². The van der Waals surface area contributed by atoms with E-state index in [1.807, 2.05) is 27.7 Å². The molecular weight excluding hydrogens is 929 g/mol. The summed E-state index contributed by atoms with van der Waals surface area (Å²) < 4.78 is 70.2. The summed E-state index contributed by atoms with van der Waals surface area (Å²) in [4.78, 5) is 0. The van der Waals surface area contributed by atoms with Gasteiger partial charge in [-0.15, -0.1) is 0 Å². The van der Waals surface area contributed by atoms with Crippen LogP contribution in [0.2, 0.25) is 0 Å². The number of ether oxygens (including phenoxy) is 12. The van der Waals surface area contributed by atoms with E-state index in [-0.39, 0.29) is 26.4 Å². The van der Waals surface area contributed by atoms with Crippen LogP contribution in [0.3, 0.4) is 0 Å². The molecule has 0 spiro atoms. The zero-order valence-corrected chi connectivity index (χ0v) is 44.1. The van der Waals surface area contributed by atoms with E-state index in [1.165, 1.54) is 0 Å². The molecule has 0 aromatic heterocycles. The maximum Gasteiger partial charge on any atom is 0.178 e. The summed E-state index contributed by atoms with van der Waals surface area (Å²) in [5.41, 5.74) is 0. The standard InChI is InChI=1S/C56H90O16/c1-5-61-39-47(57)65-31-17-9-13-21-35-69-53-43-27-25-29-45-51(43)52-44(54(53)70-36-22-14-10-18-32-66-48(58)40-62-6-2)28-26-30-46(52)56(72-38-24-16-12-20-34-68-50(60)42-64-8-4)55(45)71-37-23-15-11-19-33-67-49(59)41-63-7-3/h25-30,47-50,57-60H,5-24,31-42H2,1-4H3. The van der Waals surface area contributed by atoms with E-state index in [9.17, 15) is 20.4 Å². The number of benzene rings is 4. The zero-order valence-electron chi connectivity index (χ0n) is 44.1. The molecule has 4 aromatic rings. The predicted octanol–water partition coefficient (Wildman–Crippen LogP) is 9.83. The first-order valence-electron chi connectivity index (χ1n) is 27.1. The zero-order chi connectivity index (χ0) is 51.4. The van der Waals surface area contributed by atoms with Crippen molar-refractivity contribution in [2.45, 2.75) is 156 Å². The molecule has 4 rings (SSSR count). The summed E-state index contributed by atoms with van der Waals surface area (Å²) in [6.45, 7) is 14.2. The van der Waals surface area contributed by atoms with Gasteiger partial charge >= 0.3 is 0 Å². The highest BCUT2D eigenvalue weighted by Crippen LogP contribution is 2.53. The van der Waals surface area contributed by atoms with E-state index >= 15 is 0 Å². The minimum atomic E-state index is -0.912. The molecular formula is C56H90O16. The maximum atomic E-state index is 9.97. The molecule has 4 aromatic carbocycles. The molecule has 4 atom stereocenters. The van der Waals surface area contributed by atoms with E-state index in [2.05, 4.69) is 36.4 Å². The van der Waals surface area contributed by atoms with Crippen LogP contribution in [0.25, 0.3) is 32.3 Å². The Morgan fingerprint density at radius 1 is 0.306 bits per heavy atom. The lowest BCUT2D eigenvalue weighted by Gasteiger charge is -2.24. The highest BCUT2D eigenvalue weighted by Gasteiger charge is 2.26. The van der Waals surface area contributed by atoms with Crippen molar-refractivity contribution in [2.24, 2.45) is 0 Å². The molecule has 0 bridgehead atoms. The van der Waals surface area contributed by atoms with Gasteiger partial charge < -0.3 is 77.3 Å². The van der Waals surface area contributed by atoms with Crippen LogP contribution in [0.15, 0.2) is 36.4 Å². The highest BCUT2D eigenvalue weighted by molar-refractivity contribution is 6.29. The van der Waals surface area contributed by atoms with Crippen LogP contribution in [0.4, 0.5) is 0 Å².